The van der Waals surface area contributed by atoms with Gasteiger partial charge in [0.2, 0.25) is 5.56 Å². The number of furan rings is 1. The molecule has 108 valence electrons. The monoisotopic (exact) mass is 291 g/mol. The number of ketones is 1. The molecule has 3 aromatic rings. The van der Waals surface area contributed by atoms with Gasteiger partial charge in [-0.15, -0.1) is 0 Å². The van der Waals surface area contributed by atoms with Crippen molar-refractivity contribution in [2.75, 3.05) is 0 Å². The molecule has 0 atom stereocenters. The highest BCUT2D eigenvalue weighted by Gasteiger charge is 2.04. The van der Waals surface area contributed by atoms with Crippen LogP contribution in [0.5, 0.6) is 0 Å². The molecule has 1 aromatic carbocycles. The summed E-state index contributed by atoms with van der Waals surface area (Å²) in [6.07, 6.45) is 4.43. The Morgan fingerprint density at radius 3 is 2.64 bits per heavy atom. The summed E-state index contributed by atoms with van der Waals surface area (Å²) in [5, 5.41) is 0. The van der Waals surface area contributed by atoms with E-state index >= 15 is 0 Å². The number of hydrogen-bond donors (Lipinski definition) is 1. The van der Waals surface area contributed by atoms with E-state index in [-0.39, 0.29) is 11.3 Å². The molecular weight excluding hydrogens is 278 g/mol. The van der Waals surface area contributed by atoms with Crippen molar-refractivity contribution in [1.29, 1.82) is 0 Å². The van der Waals surface area contributed by atoms with Crippen LogP contribution in [0.25, 0.3) is 17.4 Å². The maximum Gasteiger partial charge on any atom is 0.248 e. The van der Waals surface area contributed by atoms with Crippen molar-refractivity contribution in [3.63, 3.8) is 0 Å². The van der Waals surface area contributed by atoms with Crippen molar-refractivity contribution >= 4 is 11.9 Å². The quantitative estimate of drug-likeness (QED) is 0.591. The zero-order valence-corrected chi connectivity index (χ0v) is 11.7. The minimum atomic E-state index is -0.302. The Morgan fingerprint density at radius 2 is 1.86 bits per heavy atom. The number of carbonyl (C=O) groups is 1. The number of rotatable bonds is 4. The van der Waals surface area contributed by atoms with E-state index in [9.17, 15) is 9.59 Å². The molecule has 0 aliphatic carbocycles. The van der Waals surface area contributed by atoms with Crippen LogP contribution in [0.1, 0.15) is 16.1 Å². The topological polar surface area (TPSA) is 63.1 Å². The zero-order valence-electron chi connectivity index (χ0n) is 11.7. The summed E-state index contributed by atoms with van der Waals surface area (Å²) in [4.78, 5) is 25.6. The van der Waals surface area contributed by atoms with Crippen molar-refractivity contribution in [2.24, 2.45) is 0 Å². The molecular formula is C18H13NO3. The molecule has 0 aliphatic heterocycles. The lowest BCUT2D eigenvalue weighted by Crippen LogP contribution is -2.06. The lowest BCUT2D eigenvalue weighted by molar-refractivity contribution is 0.104. The minimum Gasteiger partial charge on any atom is -0.457 e. The van der Waals surface area contributed by atoms with E-state index in [4.69, 9.17) is 4.42 Å². The van der Waals surface area contributed by atoms with Crippen molar-refractivity contribution in [3.8, 4) is 11.3 Å². The van der Waals surface area contributed by atoms with Crippen LogP contribution >= 0.6 is 0 Å². The van der Waals surface area contributed by atoms with Gasteiger partial charge < -0.3 is 9.40 Å². The standard InChI is InChI=1S/C18H13NO3/c20-16(14-10-11-19-18(21)12-14)8-6-15-7-9-17(22-15)13-4-2-1-3-5-13/h1-12H,(H,19,21). The van der Waals surface area contributed by atoms with Gasteiger partial charge in [0.15, 0.2) is 5.78 Å². The SMILES string of the molecule is O=C(C=Cc1ccc(-c2ccccc2)o1)c1cc[nH]c(=O)c1. The number of aromatic amines is 1. The molecule has 3 rings (SSSR count). The van der Waals surface area contributed by atoms with Crippen molar-refractivity contribution < 1.29 is 9.21 Å². The third-order valence-corrected chi connectivity index (χ3v) is 3.14. The van der Waals surface area contributed by atoms with Crippen LogP contribution in [0, 0.1) is 0 Å². The second-order valence-corrected chi connectivity index (χ2v) is 4.71. The summed E-state index contributed by atoms with van der Waals surface area (Å²) in [7, 11) is 0. The second kappa shape index (κ2) is 6.10. The Labute approximate surface area is 126 Å². The van der Waals surface area contributed by atoms with Crippen LogP contribution < -0.4 is 5.56 Å². The summed E-state index contributed by atoms with van der Waals surface area (Å²) in [6, 6.07) is 16.2. The van der Waals surface area contributed by atoms with E-state index < -0.39 is 0 Å². The Bertz CT molecular complexity index is 872. The van der Waals surface area contributed by atoms with Gasteiger partial charge in [0.25, 0.3) is 0 Å². The summed E-state index contributed by atoms with van der Waals surface area (Å²) in [5.74, 6) is 1.07. The summed E-state index contributed by atoms with van der Waals surface area (Å²) in [5.41, 5.74) is 1.02. The first-order valence-corrected chi connectivity index (χ1v) is 6.79. The maximum absolute atomic E-state index is 12.0. The Morgan fingerprint density at radius 1 is 1.05 bits per heavy atom. The average Bonchev–Trinajstić information content (AvgIpc) is 3.02. The van der Waals surface area contributed by atoms with Crippen LogP contribution in [0.3, 0.4) is 0 Å². The number of benzene rings is 1. The van der Waals surface area contributed by atoms with Crippen molar-refractivity contribution in [2.45, 2.75) is 0 Å². The Balaban J connectivity index is 1.78. The number of H-pyrrole nitrogens is 1. The minimum absolute atomic E-state index is 0.247. The molecule has 2 heterocycles. The smallest absolute Gasteiger partial charge is 0.248 e. The molecule has 0 unspecified atom stereocenters. The molecule has 2 aromatic heterocycles. The highest BCUT2D eigenvalue weighted by atomic mass is 16.3. The van der Waals surface area contributed by atoms with Crippen LogP contribution in [-0.4, -0.2) is 10.8 Å². The van der Waals surface area contributed by atoms with Gasteiger partial charge in [-0.2, -0.15) is 0 Å². The molecule has 0 bridgehead atoms. The number of nitrogens with one attached hydrogen (secondary N) is 1. The van der Waals surface area contributed by atoms with Gasteiger partial charge >= 0.3 is 0 Å². The van der Waals surface area contributed by atoms with Crippen LogP contribution in [0.15, 0.2) is 76.1 Å². The number of pyridine rings is 1. The first-order chi connectivity index (χ1) is 10.7. The van der Waals surface area contributed by atoms with Crippen LogP contribution in [0.4, 0.5) is 0 Å². The molecule has 0 fully saturated rings. The van der Waals surface area contributed by atoms with Crippen LogP contribution in [-0.2, 0) is 0 Å². The molecule has 0 aliphatic rings. The van der Waals surface area contributed by atoms with Gasteiger partial charge in [-0.3, -0.25) is 9.59 Å². The fraction of sp³-hybridized carbons (Fsp3) is 0. The van der Waals surface area contributed by atoms with Gasteiger partial charge in [0, 0.05) is 23.4 Å². The molecule has 4 heteroatoms. The van der Waals surface area contributed by atoms with E-state index in [0.29, 0.717) is 11.3 Å². The highest BCUT2D eigenvalue weighted by molar-refractivity contribution is 6.06. The molecule has 0 amide bonds. The fourth-order valence-corrected chi connectivity index (χ4v) is 2.05. The van der Waals surface area contributed by atoms with Gasteiger partial charge in [0.05, 0.1) is 0 Å². The van der Waals surface area contributed by atoms with Gasteiger partial charge in [-0.05, 0) is 30.4 Å². The first-order valence-electron chi connectivity index (χ1n) is 6.79. The zero-order chi connectivity index (χ0) is 15.4. The van der Waals surface area contributed by atoms with Gasteiger partial charge in [-0.25, -0.2) is 0 Å². The fourth-order valence-electron chi connectivity index (χ4n) is 2.05. The van der Waals surface area contributed by atoms with Gasteiger partial charge in [-0.1, -0.05) is 30.3 Å². The Hall–Kier alpha value is -3.14. The van der Waals surface area contributed by atoms with E-state index in [0.717, 1.165) is 11.3 Å². The number of aromatic nitrogens is 1. The summed E-state index contributed by atoms with van der Waals surface area (Å²) >= 11 is 0. The molecule has 0 saturated heterocycles. The summed E-state index contributed by atoms with van der Waals surface area (Å²) < 4.78 is 5.67. The van der Waals surface area contributed by atoms with E-state index in [1.165, 1.54) is 18.3 Å². The number of allylic oxidation sites excluding steroid dienone is 1. The third kappa shape index (κ3) is 3.12. The molecule has 1 N–H and O–H groups in total. The lowest BCUT2D eigenvalue weighted by atomic mass is 10.1. The first kappa shape index (κ1) is 13.8. The number of carbonyl (C=O) groups excluding carboxylic acids is 1. The van der Waals surface area contributed by atoms with Gasteiger partial charge in [0.1, 0.15) is 11.5 Å². The molecule has 4 nitrogen and oxygen atoms in total. The lowest BCUT2D eigenvalue weighted by Gasteiger charge is -1.95. The average molecular weight is 291 g/mol. The largest absolute Gasteiger partial charge is 0.457 e. The molecule has 0 saturated carbocycles. The normalized spacial score (nSPS) is 10.9. The highest BCUT2D eigenvalue weighted by Crippen LogP contribution is 2.22. The molecule has 0 spiro atoms. The van der Waals surface area contributed by atoms with E-state index in [1.54, 1.807) is 18.2 Å². The van der Waals surface area contributed by atoms with Crippen molar-refractivity contribution in [1.82, 2.24) is 4.98 Å². The van der Waals surface area contributed by atoms with Crippen LogP contribution in [0.2, 0.25) is 0 Å². The van der Waals surface area contributed by atoms with Crippen molar-refractivity contribution in [3.05, 3.63) is 88.5 Å². The molecule has 22 heavy (non-hydrogen) atoms. The number of hydrogen-bond acceptors (Lipinski definition) is 3. The molecule has 0 radical (unpaired) electrons. The maximum atomic E-state index is 12.0. The predicted molar refractivity (Wildman–Crippen MR) is 84.6 cm³/mol. The summed E-state index contributed by atoms with van der Waals surface area (Å²) in [6.45, 7) is 0. The predicted octanol–water partition coefficient (Wildman–Crippen LogP) is 3.53. The second-order valence-electron chi connectivity index (χ2n) is 4.71. The van der Waals surface area contributed by atoms with E-state index in [2.05, 4.69) is 4.98 Å². The third-order valence-electron chi connectivity index (χ3n) is 3.14. The Kier molecular flexibility index (Phi) is 3.83. The van der Waals surface area contributed by atoms with E-state index in [1.807, 2.05) is 36.4 Å².